The number of para-hydroxylation sites is 1. The molecule has 0 radical (unpaired) electrons. The topological polar surface area (TPSA) is 200 Å². The summed E-state index contributed by atoms with van der Waals surface area (Å²) < 4.78 is 36.9. The number of anilines is 2. The van der Waals surface area contributed by atoms with Crippen LogP contribution in [0.15, 0.2) is 140 Å². The van der Waals surface area contributed by atoms with Gasteiger partial charge in [0, 0.05) is 55.8 Å². The zero-order chi connectivity index (χ0) is 51.6. The maximum atomic E-state index is 13.7. The number of halogens is 1. The van der Waals surface area contributed by atoms with E-state index in [9.17, 15) is 23.6 Å². The number of nitrogens with two attached hydrogens (primary N) is 1. The van der Waals surface area contributed by atoms with Crippen molar-refractivity contribution in [2.45, 2.75) is 43.4 Å². The van der Waals surface area contributed by atoms with E-state index in [0.717, 1.165) is 0 Å². The number of hydrogen-bond acceptors (Lipinski definition) is 12. The van der Waals surface area contributed by atoms with Crippen LogP contribution in [0.3, 0.4) is 0 Å². The molecule has 370 valence electrons. The summed E-state index contributed by atoms with van der Waals surface area (Å²) in [7, 11) is 5.02. The lowest BCUT2D eigenvalue weighted by Gasteiger charge is -2.25. The average Bonchev–Trinajstić information content (AvgIpc) is 3.58. The van der Waals surface area contributed by atoms with Gasteiger partial charge in [0.05, 0.1) is 16.9 Å². The molecule has 73 heavy (non-hydrogen) atoms. The maximum absolute atomic E-state index is 13.7. The Morgan fingerprint density at radius 2 is 1.26 bits per heavy atom. The van der Waals surface area contributed by atoms with Crippen LogP contribution in [0.2, 0.25) is 0 Å². The molecule has 17 heteroatoms. The van der Waals surface area contributed by atoms with E-state index in [1.807, 2.05) is 32.2 Å². The number of carbonyl (C=O) groups excluding carboxylic acids is 4. The summed E-state index contributed by atoms with van der Waals surface area (Å²) in [5.74, 6) is 12.8. The number of ether oxygens (including phenoxy) is 4. The lowest BCUT2D eigenvalue weighted by Crippen LogP contribution is -2.49. The molecular weight excluding hydrogens is 932 g/mol. The molecular formula is C56H51FN8O8. The maximum Gasteiger partial charge on any atom is 0.270 e. The summed E-state index contributed by atoms with van der Waals surface area (Å²) in [4.78, 5) is 65.0. The van der Waals surface area contributed by atoms with Crippen LogP contribution in [0.1, 0.15) is 51.9 Å². The van der Waals surface area contributed by atoms with Crippen molar-refractivity contribution in [1.82, 2.24) is 25.9 Å². The van der Waals surface area contributed by atoms with Crippen LogP contribution >= 0.6 is 0 Å². The first kappa shape index (κ1) is 50.4. The smallest absolute Gasteiger partial charge is 0.270 e. The first-order valence-corrected chi connectivity index (χ1v) is 23.1. The van der Waals surface area contributed by atoms with Crippen molar-refractivity contribution in [2.75, 3.05) is 44.2 Å². The van der Waals surface area contributed by atoms with Crippen molar-refractivity contribution in [1.29, 1.82) is 0 Å². The Morgan fingerprint density at radius 1 is 0.753 bits per heavy atom. The third kappa shape index (κ3) is 12.8. The lowest BCUT2D eigenvalue weighted by molar-refractivity contribution is -0.121. The highest BCUT2D eigenvalue weighted by Crippen LogP contribution is 2.33. The van der Waals surface area contributed by atoms with Crippen molar-refractivity contribution >= 4 is 35.0 Å². The minimum Gasteiger partial charge on any atom is -0.489 e. The predicted molar refractivity (Wildman–Crippen MR) is 272 cm³/mol. The Labute approximate surface area is 421 Å². The summed E-state index contributed by atoms with van der Waals surface area (Å²) in [6.07, 6.45) is 3.76. The molecule has 2 aliphatic heterocycles. The van der Waals surface area contributed by atoms with E-state index in [2.05, 4.69) is 56.2 Å². The van der Waals surface area contributed by atoms with Crippen LogP contribution in [-0.4, -0.2) is 91.6 Å². The van der Waals surface area contributed by atoms with E-state index in [0.29, 0.717) is 75.4 Å². The minimum atomic E-state index is -1.03. The number of likely N-dealkylation sites (N-methyl/N-ethyl adjacent to an activating group) is 2. The molecule has 5 N–H and O–H groups in total. The molecule has 2 unspecified atom stereocenters. The van der Waals surface area contributed by atoms with Crippen molar-refractivity contribution < 1.29 is 42.5 Å². The molecule has 4 heterocycles. The van der Waals surface area contributed by atoms with E-state index in [1.54, 1.807) is 74.8 Å². The fraction of sp³-hybridized carbons (Fsp3) is 0.214. The Morgan fingerprint density at radius 3 is 1.78 bits per heavy atom. The fourth-order valence-electron chi connectivity index (χ4n) is 7.85. The van der Waals surface area contributed by atoms with Gasteiger partial charge in [0.2, 0.25) is 0 Å². The number of pyridine rings is 2. The highest BCUT2D eigenvalue weighted by molar-refractivity contribution is 6.04. The molecule has 0 spiro atoms. The van der Waals surface area contributed by atoms with Crippen molar-refractivity contribution in [3.8, 4) is 58.2 Å². The van der Waals surface area contributed by atoms with Gasteiger partial charge in [-0.3, -0.25) is 29.1 Å². The Hall–Kier alpha value is -9.03. The molecule has 0 aliphatic carbocycles. The minimum absolute atomic E-state index is 0.0114. The Bertz CT molecular complexity index is 3200. The van der Waals surface area contributed by atoms with Crippen molar-refractivity contribution in [3.05, 3.63) is 168 Å². The first-order valence-electron chi connectivity index (χ1n) is 23.1. The second kappa shape index (κ2) is 22.4. The van der Waals surface area contributed by atoms with Gasteiger partial charge in [-0.05, 0) is 117 Å². The van der Waals surface area contributed by atoms with Gasteiger partial charge in [0.25, 0.3) is 23.6 Å². The largest absolute Gasteiger partial charge is 0.489 e. The molecule has 0 bridgehead atoms. The number of rotatable bonds is 13. The van der Waals surface area contributed by atoms with E-state index in [1.165, 1.54) is 58.6 Å². The molecule has 4 aromatic carbocycles. The van der Waals surface area contributed by atoms with E-state index in [-0.39, 0.29) is 36.6 Å². The van der Waals surface area contributed by atoms with Crippen LogP contribution in [0.25, 0.3) is 0 Å². The molecule has 2 aliphatic rings. The van der Waals surface area contributed by atoms with Crippen LogP contribution in [0.4, 0.5) is 15.8 Å². The summed E-state index contributed by atoms with van der Waals surface area (Å²) in [5.41, 5.74) is 8.68. The molecule has 6 aromatic rings. The third-order valence-electron chi connectivity index (χ3n) is 11.7. The molecule has 8 rings (SSSR count). The zero-order valence-corrected chi connectivity index (χ0v) is 40.4. The van der Waals surface area contributed by atoms with Crippen LogP contribution in [0.5, 0.6) is 34.5 Å². The van der Waals surface area contributed by atoms with Gasteiger partial charge in [-0.1, -0.05) is 48.5 Å². The summed E-state index contributed by atoms with van der Waals surface area (Å²) >= 11 is 0. The number of amides is 4. The number of hydrogen-bond donors (Lipinski definition) is 4. The normalized spacial score (nSPS) is 16.1. The summed E-state index contributed by atoms with van der Waals surface area (Å²) in [6.45, 7) is 5.80. The standard InChI is InChI=1S/C56H51FN8O8/c1-35(11-12-36-13-19-50-48(28-36)64(4)54(68)46(33-70-50)62-53(67)45-31-43(23-26-61-45)73-41-17-15-38(57)16-18-41)27-39(59-3)32-56(2,58)24-21-37-14-20-51-49(29-37)65(5)55(69)47(34-71-51)63-52(66)44-30-42(22-25-60-44)72-40-9-7-6-8-10-40/h6-10,13-20,22-23,25-26,28-31,39,46-47,59H,1,27,32-34,58H2,2-5H3,(H,62,67)(H,63,66)/t39?,46-,47-,56?/m1/s1. The average molecular weight is 983 g/mol. The summed E-state index contributed by atoms with van der Waals surface area (Å²) in [6, 6.07) is 29.0. The molecule has 2 aromatic heterocycles. The van der Waals surface area contributed by atoms with Gasteiger partial charge in [-0.25, -0.2) is 4.39 Å². The van der Waals surface area contributed by atoms with Gasteiger partial charge >= 0.3 is 0 Å². The van der Waals surface area contributed by atoms with Crippen LogP contribution < -0.4 is 50.4 Å². The number of nitrogens with zero attached hydrogens (tertiary/aromatic N) is 4. The number of fused-ring (bicyclic) bond motifs is 2. The van der Waals surface area contributed by atoms with Crippen LogP contribution in [0, 0.1) is 29.5 Å². The van der Waals surface area contributed by atoms with Crippen LogP contribution in [-0.2, 0) is 9.59 Å². The SMILES string of the molecule is C=C(C#Cc1ccc2c(c1)N(C)C(=O)[C@H](NC(=O)c1cc(Oc3ccc(F)cc3)ccn1)CO2)CC(CC(C)(N)C#Cc1ccc2c(c1)N(C)C(=O)[C@H](NC(=O)c1cc(Oc3ccccc3)ccn1)CO2)NC. The van der Waals surface area contributed by atoms with Gasteiger partial charge in [0.15, 0.2) is 0 Å². The monoisotopic (exact) mass is 982 g/mol. The highest BCUT2D eigenvalue weighted by Gasteiger charge is 2.33. The lowest BCUT2D eigenvalue weighted by atomic mass is 9.91. The van der Waals surface area contributed by atoms with Gasteiger partial charge in [-0.15, -0.1) is 0 Å². The van der Waals surface area contributed by atoms with E-state index >= 15 is 0 Å². The Kier molecular flexibility index (Phi) is 15.4. The highest BCUT2D eigenvalue weighted by atomic mass is 19.1. The van der Waals surface area contributed by atoms with Crippen molar-refractivity contribution in [2.24, 2.45) is 5.73 Å². The van der Waals surface area contributed by atoms with Gasteiger partial charge in [0.1, 0.15) is 77.0 Å². The third-order valence-corrected chi connectivity index (χ3v) is 11.7. The molecule has 0 saturated heterocycles. The van der Waals surface area contributed by atoms with Gasteiger partial charge in [-0.2, -0.15) is 0 Å². The van der Waals surface area contributed by atoms with Crippen molar-refractivity contribution in [3.63, 3.8) is 0 Å². The number of aromatic nitrogens is 2. The second-order valence-electron chi connectivity index (χ2n) is 17.5. The number of benzene rings is 4. The predicted octanol–water partition coefficient (Wildman–Crippen LogP) is 6.55. The molecule has 0 saturated carbocycles. The molecule has 0 fully saturated rings. The molecule has 4 atom stereocenters. The number of nitrogens with one attached hydrogen (secondary N) is 3. The molecule has 4 amide bonds. The quantitative estimate of drug-likeness (QED) is 0.0912. The first-order chi connectivity index (χ1) is 35.1. The van der Waals surface area contributed by atoms with E-state index in [4.69, 9.17) is 24.7 Å². The second-order valence-corrected chi connectivity index (χ2v) is 17.5. The zero-order valence-electron chi connectivity index (χ0n) is 40.4. The number of carbonyl (C=O) groups is 4. The molecule has 16 nitrogen and oxygen atoms in total. The van der Waals surface area contributed by atoms with E-state index < -0.39 is 41.2 Å². The summed E-state index contributed by atoms with van der Waals surface area (Å²) in [5, 5.41) is 8.76. The van der Waals surface area contributed by atoms with Gasteiger partial charge < -0.3 is 50.4 Å². The Balaban J connectivity index is 0.844. The fourth-order valence-corrected chi connectivity index (χ4v) is 7.85.